The minimum Gasteiger partial charge on any atom is -0.391 e. The van der Waals surface area contributed by atoms with Crippen molar-refractivity contribution >= 4 is 0 Å². The molecule has 2 nitrogen and oxygen atoms in total. The highest BCUT2D eigenvalue weighted by Gasteiger charge is 2.20. The molecule has 0 radical (unpaired) electrons. The molecule has 1 unspecified atom stereocenters. The normalized spacial score (nSPS) is 13.6. The van der Waals surface area contributed by atoms with Crippen LogP contribution in [0.3, 0.4) is 0 Å². The van der Waals surface area contributed by atoms with Gasteiger partial charge in [0.25, 0.3) is 0 Å². The van der Waals surface area contributed by atoms with Crippen molar-refractivity contribution in [2.45, 2.75) is 96.9 Å². The third-order valence-corrected chi connectivity index (χ3v) is 5.85. The zero-order valence-corrected chi connectivity index (χ0v) is 18.3. The number of likely N-dealkylation sites (N-methyl/N-ethyl adjacent to an activating group) is 1. The van der Waals surface area contributed by atoms with E-state index in [1.165, 1.54) is 95.6 Å². The number of aliphatic hydroxyl groups is 1. The number of nitrogens with zero attached hydrogens (tertiary/aromatic N) is 1. The Bertz CT molecular complexity index is 433. The molecule has 1 aromatic rings. The Morgan fingerprint density at radius 3 is 1.63 bits per heavy atom. The highest BCUT2D eigenvalue weighted by Crippen LogP contribution is 2.16. The van der Waals surface area contributed by atoms with E-state index in [-0.39, 0.29) is 6.61 Å². The number of unbranched alkanes of at least 4 members (excludes halogenated alkanes) is 12. The summed E-state index contributed by atoms with van der Waals surface area (Å²) in [4.78, 5) is 0. The van der Waals surface area contributed by atoms with E-state index in [1.54, 1.807) is 0 Å². The molecule has 0 saturated carbocycles. The molecule has 1 rings (SSSR count). The summed E-state index contributed by atoms with van der Waals surface area (Å²) < 4.78 is 0.957. The van der Waals surface area contributed by atoms with Crippen LogP contribution in [-0.2, 0) is 6.54 Å². The molecule has 0 heterocycles. The summed E-state index contributed by atoms with van der Waals surface area (Å²) in [6.45, 7) is 5.62. The van der Waals surface area contributed by atoms with Gasteiger partial charge >= 0.3 is 0 Å². The zero-order valence-electron chi connectivity index (χ0n) is 18.3. The second-order valence-corrected chi connectivity index (χ2v) is 8.68. The van der Waals surface area contributed by atoms with Crippen molar-refractivity contribution in [2.24, 2.45) is 0 Å². The van der Waals surface area contributed by atoms with Gasteiger partial charge in [-0.25, -0.2) is 0 Å². The number of hydrogen-bond donors (Lipinski definition) is 1. The molecular formula is C25H46NO+. The smallest absolute Gasteiger partial charge is 0.104 e. The highest BCUT2D eigenvalue weighted by atomic mass is 16.3. The molecule has 0 aliphatic carbocycles. The van der Waals surface area contributed by atoms with E-state index < -0.39 is 0 Å². The first kappa shape index (κ1) is 24.2. The number of rotatable bonds is 18. The van der Waals surface area contributed by atoms with Crippen molar-refractivity contribution < 1.29 is 9.59 Å². The lowest BCUT2D eigenvalue weighted by Gasteiger charge is -2.34. The van der Waals surface area contributed by atoms with Gasteiger partial charge in [0.15, 0.2) is 0 Å². The molecule has 0 fully saturated rings. The lowest BCUT2D eigenvalue weighted by molar-refractivity contribution is -0.923. The number of benzene rings is 1. The van der Waals surface area contributed by atoms with Gasteiger partial charge in [0.1, 0.15) is 13.1 Å². The Kier molecular flexibility index (Phi) is 14.4. The first-order valence-corrected chi connectivity index (χ1v) is 11.7. The SMILES string of the molecule is CCCCCCCCCCCCCCC[N+](C)(CCO)Cc1ccccc1. The number of hydrogen-bond acceptors (Lipinski definition) is 1. The predicted molar refractivity (Wildman–Crippen MR) is 119 cm³/mol. The maximum absolute atomic E-state index is 9.47. The van der Waals surface area contributed by atoms with Crippen molar-refractivity contribution in [1.82, 2.24) is 0 Å². The average Bonchev–Trinajstić information content (AvgIpc) is 2.66. The predicted octanol–water partition coefficient (Wildman–Crippen LogP) is 6.72. The zero-order chi connectivity index (χ0) is 19.6. The van der Waals surface area contributed by atoms with Crippen LogP contribution in [0.4, 0.5) is 0 Å². The fourth-order valence-electron chi connectivity index (χ4n) is 4.05. The minimum absolute atomic E-state index is 0.280. The van der Waals surface area contributed by atoms with Crippen molar-refractivity contribution in [2.75, 3.05) is 26.7 Å². The summed E-state index contributed by atoms with van der Waals surface area (Å²) >= 11 is 0. The summed E-state index contributed by atoms with van der Waals surface area (Å²) in [6, 6.07) is 10.7. The van der Waals surface area contributed by atoms with Gasteiger partial charge in [-0.3, -0.25) is 0 Å². The van der Waals surface area contributed by atoms with Gasteiger partial charge in [-0.1, -0.05) is 108 Å². The van der Waals surface area contributed by atoms with E-state index >= 15 is 0 Å². The Balaban J connectivity index is 2.03. The van der Waals surface area contributed by atoms with Crippen molar-refractivity contribution in [1.29, 1.82) is 0 Å². The van der Waals surface area contributed by atoms with Gasteiger partial charge in [0.05, 0.1) is 20.2 Å². The van der Waals surface area contributed by atoms with Crippen LogP contribution in [0.15, 0.2) is 30.3 Å². The fourth-order valence-corrected chi connectivity index (χ4v) is 4.05. The third-order valence-electron chi connectivity index (χ3n) is 5.85. The van der Waals surface area contributed by atoms with E-state index in [2.05, 4.69) is 44.3 Å². The van der Waals surface area contributed by atoms with E-state index in [0.717, 1.165) is 17.6 Å². The molecule has 27 heavy (non-hydrogen) atoms. The Labute approximate surface area is 169 Å². The van der Waals surface area contributed by atoms with Crippen LogP contribution in [0.2, 0.25) is 0 Å². The van der Waals surface area contributed by atoms with Crippen LogP contribution >= 0.6 is 0 Å². The molecule has 0 aliphatic rings. The van der Waals surface area contributed by atoms with E-state index in [9.17, 15) is 5.11 Å². The summed E-state index contributed by atoms with van der Waals surface area (Å²) in [6.07, 6.45) is 18.2. The standard InChI is InChI=1S/C25H46NO/c1-3-4-5-6-7-8-9-10-11-12-13-14-18-21-26(2,22-23-27)24-25-19-16-15-17-20-25/h15-17,19-20,27H,3-14,18,21-24H2,1-2H3/q+1. The van der Waals surface area contributed by atoms with Crippen LogP contribution in [-0.4, -0.2) is 36.3 Å². The van der Waals surface area contributed by atoms with Crippen LogP contribution in [0.5, 0.6) is 0 Å². The summed E-state index contributed by atoms with van der Waals surface area (Å²) in [5, 5.41) is 9.47. The highest BCUT2D eigenvalue weighted by molar-refractivity contribution is 5.13. The van der Waals surface area contributed by atoms with Crippen molar-refractivity contribution in [3.05, 3.63) is 35.9 Å². The minimum atomic E-state index is 0.280. The third kappa shape index (κ3) is 13.0. The second kappa shape index (κ2) is 16.1. The molecule has 1 atom stereocenters. The van der Waals surface area contributed by atoms with Crippen LogP contribution < -0.4 is 0 Å². The maximum atomic E-state index is 9.47. The largest absolute Gasteiger partial charge is 0.391 e. The van der Waals surface area contributed by atoms with Gasteiger partial charge in [-0.2, -0.15) is 0 Å². The lowest BCUT2D eigenvalue weighted by atomic mass is 10.0. The first-order chi connectivity index (χ1) is 13.2. The molecule has 0 saturated heterocycles. The summed E-state index contributed by atoms with van der Waals surface area (Å²) in [5.41, 5.74) is 1.38. The second-order valence-electron chi connectivity index (χ2n) is 8.68. The fraction of sp³-hybridized carbons (Fsp3) is 0.760. The van der Waals surface area contributed by atoms with Gasteiger partial charge in [0, 0.05) is 5.56 Å². The van der Waals surface area contributed by atoms with Crippen LogP contribution in [0.25, 0.3) is 0 Å². The molecule has 0 spiro atoms. The Morgan fingerprint density at radius 2 is 1.15 bits per heavy atom. The first-order valence-electron chi connectivity index (χ1n) is 11.7. The molecule has 2 heteroatoms. The van der Waals surface area contributed by atoms with Gasteiger partial charge < -0.3 is 9.59 Å². The van der Waals surface area contributed by atoms with E-state index in [0.29, 0.717) is 0 Å². The molecule has 0 aliphatic heterocycles. The molecule has 1 aromatic carbocycles. The molecule has 1 N–H and O–H groups in total. The van der Waals surface area contributed by atoms with Crippen LogP contribution in [0, 0.1) is 0 Å². The monoisotopic (exact) mass is 376 g/mol. The van der Waals surface area contributed by atoms with Gasteiger partial charge in [-0.15, -0.1) is 0 Å². The van der Waals surface area contributed by atoms with E-state index in [1.807, 2.05) is 0 Å². The van der Waals surface area contributed by atoms with E-state index in [4.69, 9.17) is 0 Å². The Morgan fingerprint density at radius 1 is 0.667 bits per heavy atom. The number of quaternary nitrogens is 1. The molecular weight excluding hydrogens is 330 g/mol. The quantitative estimate of drug-likeness (QED) is 0.223. The topological polar surface area (TPSA) is 20.2 Å². The van der Waals surface area contributed by atoms with Gasteiger partial charge in [-0.05, 0) is 12.8 Å². The molecule has 0 amide bonds. The summed E-state index contributed by atoms with van der Waals surface area (Å²) in [5.74, 6) is 0. The molecule has 156 valence electrons. The van der Waals surface area contributed by atoms with Crippen molar-refractivity contribution in [3.63, 3.8) is 0 Å². The summed E-state index contributed by atoms with van der Waals surface area (Å²) in [7, 11) is 2.30. The van der Waals surface area contributed by atoms with Gasteiger partial charge in [0.2, 0.25) is 0 Å². The average molecular weight is 377 g/mol. The lowest BCUT2D eigenvalue weighted by Crippen LogP contribution is -2.46. The Hall–Kier alpha value is -0.860. The maximum Gasteiger partial charge on any atom is 0.104 e. The molecule has 0 aromatic heterocycles. The molecule has 0 bridgehead atoms. The number of aliphatic hydroxyl groups excluding tert-OH is 1. The van der Waals surface area contributed by atoms with Crippen LogP contribution in [0.1, 0.15) is 96.0 Å². The van der Waals surface area contributed by atoms with Crippen molar-refractivity contribution in [3.8, 4) is 0 Å².